The van der Waals surface area contributed by atoms with Crippen LogP contribution in [-0.4, -0.2) is 10.2 Å². The molecule has 2 aromatic rings. The minimum Gasteiger partial charge on any atom is -0.507 e. The number of hydrogen-bond acceptors (Lipinski definition) is 3. The zero-order valence-electron chi connectivity index (χ0n) is 9.59. The third-order valence-corrected chi connectivity index (χ3v) is 2.74. The Kier molecular flexibility index (Phi) is 3.02. The van der Waals surface area contributed by atoms with E-state index < -0.39 is 0 Å². The van der Waals surface area contributed by atoms with Gasteiger partial charge in [-0.3, -0.25) is 0 Å². The van der Waals surface area contributed by atoms with Gasteiger partial charge in [-0.05, 0) is 30.7 Å². The Bertz CT molecular complexity index is 535. The minimum absolute atomic E-state index is 0.111. The molecule has 0 fully saturated rings. The third-order valence-electron chi connectivity index (χ3n) is 2.74. The number of para-hydroxylation sites is 1. The molecule has 3 heteroatoms. The fraction of sp³-hybridized carbons (Fsp3) is 0.143. The molecular weight excluding hydrogens is 214 g/mol. The van der Waals surface area contributed by atoms with E-state index in [4.69, 9.17) is 5.73 Å². The number of benzene rings is 2. The molecule has 1 atom stereocenters. The summed E-state index contributed by atoms with van der Waals surface area (Å²) in [5.74, 6) is 0.278. The molecule has 0 saturated heterocycles. The van der Waals surface area contributed by atoms with E-state index in [1.165, 1.54) is 0 Å². The van der Waals surface area contributed by atoms with Crippen LogP contribution in [-0.2, 0) is 0 Å². The summed E-state index contributed by atoms with van der Waals surface area (Å²) in [6.45, 7) is 1.88. The number of rotatable bonds is 2. The van der Waals surface area contributed by atoms with Crippen molar-refractivity contribution in [3.63, 3.8) is 0 Å². The summed E-state index contributed by atoms with van der Waals surface area (Å²) in [6, 6.07) is 12.0. The molecule has 3 nitrogen and oxygen atoms in total. The van der Waals surface area contributed by atoms with E-state index in [0.717, 1.165) is 5.56 Å². The van der Waals surface area contributed by atoms with Gasteiger partial charge in [-0.1, -0.05) is 24.3 Å². The lowest BCUT2D eigenvalue weighted by Crippen LogP contribution is -2.04. The first-order valence-corrected chi connectivity index (χ1v) is 5.46. The largest absolute Gasteiger partial charge is 0.507 e. The Morgan fingerprint density at radius 1 is 0.941 bits per heavy atom. The fourth-order valence-electron chi connectivity index (χ4n) is 1.75. The molecule has 88 valence electrons. The van der Waals surface area contributed by atoms with Crippen molar-refractivity contribution in [3.8, 4) is 22.6 Å². The van der Waals surface area contributed by atoms with Crippen LogP contribution in [0.15, 0.2) is 42.5 Å². The lowest BCUT2D eigenvalue weighted by Gasteiger charge is -2.11. The van der Waals surface area contributed by atoms with Crippen LogP contribution < -0.4 is 5.73 Å². The van der Waals surface area contributed by atoms with Crippen LogP contribution in [0.4, 0.5) is 0 Å². The van der Waals surface area contributed by atoms with Gasteiger partial charge in [0.1, 0.15) is 11.5 Å². The topological polar surface area (TPSA) is 66.5 Å². The Morgan fingerprint density at radius 2 is 1.59 bits per heavy atom. The number of phenols is 2. The highest BCUT2D eigenvalue weighted by Crippen LogP contribution is 2.36. The zero-order valence-corrected chi connectivity index (χ0v) is 9.59. The van der Waals surface area contributed by atoms with Crippen molar-refractivity contribution in [3.05, 3.63) is 48.0 Å². The van der Waals surface area contributed by atoms with Crippen LogP contribution in [0.1, 0.15) is 18.5 Å². The van der Waals surface area contributed by atoms with Gasteiger partial charge in [0.15, 0.2) is 0 Å². The summed E-state index contributed by atoms with van der Waals surface area (Å²) in [5.41, 5.74) is 7.92. The smallest absolute Gasteiger partial charge is 0.123 e. The maximum atomic E-state index is 9.84. The molecule has 0 amide bonds. The summed E-state index contributed by atoms with van der Waals surface area (Å²) >= 11 is 0. The molecule has 4 N–H and O–H groups in total. The molecule has 0 aromatic heterocycles. The van der Waals surface area contributed by atoms with E-state index in [-0.39, 0.29) is 17.5 Å². The van der Waals surface area contributed by atoms with Gasteiger partial charge in [-0.25, -0.2) is 0 Å². The van der Waals surface area contributed by atoms with Gasteiger partial charge in [-0.2, -0.15) is 0 Å². The lowest BCUT2D eigenvalue weighted by molar-refractivity contribution is 0.469. The van der Waals surface area contributed by atoms with Crippen molar-refractivity contribution in [1.29, 1.82) is 0 Å². The number of nitrogens with two attached hydrogens (primary N) is 1. The molecule has 1 unspecified atom stereocenters. The second-order valence-corrected chi connectivity index (χ2v) is 4.08. The average molecular weight is 229 g/mol. The Balaban J connectivity index is 2.59. The summed E-state index contributed by atoms with van der Waals surface area (Å²) in [7, 11) is 0. The van der Waals surface area contributed by atoms with Crippen molar-refractivity contribution >= 4 is 0 Å². The van der Waals surface area contributed by atoms with E-state index in [9.17, 15) is 10.2 Å². The molecule has 0 spiro atoms. The van der Waals surface area contributed by atoms with Crippen LogP contribution in [0.3, 0.4) is 0 Å². The quantitative estimate of drug-likeness (QED) is 0.741. The summed E-state index contributed by atoms with van der Waals surface area (Å²) in [6.07, 6.45) is 0. The van der Waals surface area contributed by atoms with Gasteiger partial charge in [0, 0.05) is 17.2 Å². The van der Waals surface area contributed by atoms with E-state index >= 15 is 0 Å². The van der Waals surface area contributed by atoms with Crippen molar-refractivity contribution in [2.75, 3.05) is 0 Å². The van der Waals surface area contributed by atoms with Crippen molar-refractivity contribution < 1.29 is 10.2 Å². The number of aromatic hydroxyl groups is 2. The normalized spacial score (nSPS) is 12.4. The van der Waals surface area contributed by atoms with Crippen LogP contribution in [0, 0.1) is 0 Å². The highest BCUT2D eigenvalue weighted by molar-refractivity contribution is 5.75. The van der Waals surface area contributed by atoms with E-state index in [2.05, 4.69) is 0 Å². The molecule has 0 bridgehead atoms. The van der Waals surface area contributed by atoms with Gasteiger partial charge >= 0.3 is 0 Å². The van der Waals surface area contributed by atoms with Gasteiger partial charge in [0.05, 0.1) is 0 Å². The fourth-order valence-corrected chi connectivity index (χ4v) is 1.75. The van der Waals surface area contributed by atoms with Gasteiger partial charge < -0.3 is 15.9 Å². The zero-order chi connectivity index (χ0) is 12.4. The summed E-state index contributed by atoms with van der Waals surface area (Å²) < 4.78 is 0. The number of phenolic OH excluding ortho intramolecular Hbond substituents is 2. The van der Waals surface area contributed by atoms with Gasteiger partial charge in [-0.15, -0.1) is 0 Å². The van der Waals surface area contributed by atoms with Crippen molar-refractivity contribution in [2.45, 2.75) is 13.0 Å². The van der Waals surface area contributed by atoms with Crippen LogP contribution in [0.5, 0.6) is 11.5 Å². The molecule has 0 heterocycles. The average Bonchev–Trinajstić information content (AvgIpc) is 2.30. The summed E-state index contributed by atoms with van der Waals surface area (Å²) in [5, 5.41) is 19.6. The molecule has 0 aliphatic carbocycles. The Morgan fingerprint density at radius 3 is 2.24 bits per heavy atom. The number of hydrogen-bond donors (Lipinski definition) is 3. The summed E-state index contributed by atoms with van der Waals surface area (Å²) in [4.78, 5) is 0. The highest BCUT2D eigenvalue weighted by Gasteiger charge is 2.10. The molecule has 0 radical (unpaired) electrons. The van der Waals surface area contributed by atoms with E-state index in [0.29, 0.717) is 11.1 Å². The maximum absolute atomic E-state index is 9.84. The second kappa shape index (κ2) is 4.47. The van der Waals surface area contributed by atoms with Crippen LogP contribution in [0.2, 0.25) is 0 Å². The molecule has 2 aromatic carbocycles. The highest BCUT2D eigenvalue weighted by atomic mass is 16.3. The Hall–Kier alpha value is -2.00. The first-order chi connectivity index (χ1) is 8.09. The molecule has 0 aliphatic rings. The standard InChI is InChI=1S/C14H15NO2/c1-9(15)10-6-7-14(17)12(8-10)11-4-2-3-5-13(11)16/h2-9,16-17H,15H2,1H3. The SMILES string of the molecule is CC(N)c1ccc(O)c(-c2ccccc2O)c1. The lowest BCUT2D eigenvalue weighted by atomic mass is 9.99. The third kappa shape index (κ3) is 2.24. The van der Waals surface area contributed by atoms with Crippen LogP contribution >= 0.6 is 0 Å². The maximum Gasteiger partial charge on any atom is 0.123 e. The molecule has 0 saturated carbocycles. The predicted octanol–water partition coefficient (Wildman–Crippen LogP) is 2.78. The van der Waals surface area contributed by atoms with E-state index in [1.54, 1.807) is 36.4 Å². The monoisotopic (exact) mass is 229 g/mol. The molecule has 2 rings (SSSR count). The minimum atomic E-state index is -0.111. The first-order valence-electron chi connectivity index (χ1n) is 5.46. The molecule has 17 heavy (non-hydrogen) atoms. The Labute approximate surface area is 100 Å². The van der Waals surface area contributed by atoms with Crippen molar-refractivity contribution in [2.24, 2.45) is 5.73 Å². The van der Waals surface area contributed by atoms with Gasteiger partial charge in [0.2, 0.25) is 0 Å². The van der Waals surface area contributed by atoms with Crippen LogP contribution in [0.25, 0.3) is 11.1 Å². The first kappa shape index (κ1) is 11.5. The predicted molar refractivity (Wildman–Crippen MR) is 67.8 cm³/mol. The molecule has 0 aliphatic heterocycles. The van der Waals surface area contributed by atoms with Gasteiger partial charge in [0.25, 0.3) is 0 Å². The second-order valence-electron chi connectivity index (χ2n) is 4.08. The molecular formula is C14H15NO2. The van der Waals surface area contributed by atoms with E-state index in [1.807, 2.05) is 13.0 Å². The van der Waals surface area contributed by atoms with Crippen molar-refractivity contribution in [1.82, 2.24) is 0 Å².